The van der Waals surface area contributed by atoms with E-state index in [2.05, 4.69) is 9.97 Å². The summed E-state index contributed by atoms with van der Waals surface area (Å²) in [5, 5.41) is 0. The third-order valence-electron chi connectivity index (χ3n) is 4.10. The van der Waals surface area contributed by atoms with E-state index in [0.717, 1.165) is 17.0 Å². The van der Waals surface area contributed by atoms with Gasteiger partial charge in [-0.2, -0.15) is 0 Å². The molecule has 0 atom stereocenters. The summed E-state index contributed by atoms with van der Waals surface area (Å²) in [6.45, 7) is 1.08. The Hall–Kier alpha value is -3.41. The first-order valence-corrected chi connectivity index (χ1v) is 8.27. The van der Waals surface area contributed by atoms with Crippen LogP contribution >= 0.6 is 0 Å². The number of aromatic nitrogens is 2. The normalized spacial score (nSPS) is 12.0. The minimum Gasteiger partial charge on any atom is -0.454 e. The standard InChI is InChI=1S/C20H17N3O3/c24-20(16-6-9-21-10-7-16)23(13-17-3-1-2-8-22-17)12-15-4-5-18-19(11-15)26-14-25-18/h1-11H,12-14H2. The molecule has 1 aliphatic rings. The molecule has 0 bridgehead atoms. The Kier molecular flexibility index (Phi) is 4.47. The lowest BCUT2D eigenvalue weighted by Gasteiger charge is -2.23. The summed E-state index contributed by atoms with van der Waals surface area (Å²) in [7, 11) is 0. The Labute approximate surface area is 151 Å². The van der Waals surface area contributed by atoms with Crippen molar-refractivity contribution in [2.45, 2.75) is 13.1 Å². The van der Waals surface area contributed by atoms with Gasteiger partial charge >= 0.3 is 0 Å². The summed E-state index contributed by atoms with van der Waals surface area (Å²) >= 11 is 0. The Morgan fingerprint density at radius 1 is 0.962 bits per heavy atom. The summed E-state index contributed by atoms with van der Waals surface area (Å²) in [5.74, 6) is 1.36. The minimum absolute atomic E-state index is 0.0734. The number of pyridine rings is 2. The molecule has 1 aliphatic heterocycles. The van der Waals surface area contributed by atoms with Gasteiger partial charge in [0.2, 0.25) is 6.79 Å². The van der Waals surface area contributed by atoms with Gasteiger partial charge in [-0.05, 0) is 42.0 Å². The molecule has 0 aliphatic carbocycles. The maximum absolute atomic E-state index is 13.0. The van der Waals surface area contributed by atoms with Crippen molar-refractivity contribution in [3.05, 3.63) is 83.9 Å². The first kappa shape index (κ1) is 16.1. The second-order valence-corrected chi connectivity index (χ2v) is 5.91. The van der Waals surface area contributed by atoms with Crippen LogP contribution in [0.5, 0.6) is 11.5 Å². The van der Waals surface area contributed by atoms with E-state index < -0.39 is 0 Å². The monoisotopic (exact) mass is 347 g/mol. The lowest BCUT2D eigenvalue weighted by Crippen LogP contribution is -2.30. The van der Waals surface area contributed by atoms with Crippen LogP contribution < -0.4 is 9.47 Å². The fraction of sp³-hybridized carbons (Fsp3) is 0.150. The van der Waals surface area contributed by atoms with Gasteiger partial charge in [0.05, 0.1) is 12.2 Å². The molecular weight excluding hydrogens is 330 g/mol. The molecule has 1 aromatic carbocycles. The van der Waals surface area contributed by atoms with Crippen molar-refractivity contribution in [3.63, 3.8) is 0 Å². The number of rotatable bonds is 5. The van der Waals surface area contributed by atoms with Crippen LogP contribution in [0.25, 0.3) is 0 Å². The molecule has 0 radical (unpaired) electrons. The van der Waals surface area contributed by atoms with Gasteiger partial charge in [-0.15, -0.1) is 0 Å². The van der Waals surface area contributed by atoms with Gasteiger partial charge in [0, 0.05) is 30.7 Å². The van der Waals surface area contributed by atoms with Gasteiger partial charge < -0.3 is 14.4 Å². The lowest BCUT2D eigenvalue weighted by atomic mass is 10.1. The van der Waals surface area contributed by atoms with E-state index in [1.54, 1.807) is 35.6 Å². The minimum atomic E-state index is -0.0734. The van der Waals surface area contributed by atoms with Crippen LogP contribution in [0.3, 0.4) is 0 Å². The molecule has 0 unspecified atom stereocenters. The molecular formula is C20H17N3O3. The van der Waals surface area contributed by atoms with Gasteiger partial charge in [-0.25, -0.2) is 0 Å². The highest BCUT2D eigenvalue weighted by molar-refractivity contribution is 5.94. The number of fused-ring (bicyclic) bond motifs is 1. The maximum Gasteiger partial charge on any atom is 0.254 e. The summed E-state index contributed by atoms with van der Waals surface area (Å²) in [5.41, 5.74) is 2.39. The number of hydrogen-bond acceptors (Lipinski definition) is 5. The molecule has 4 rings (SSSR count). The van der Waals surface area contributed by atoms with Gasteiger partial charge in [0.1, 0.15) is 0 Å². The predicted octanol–water partition coefficient (Wildman–Crippen LogP) is 3.05. The van der Waals surface area contributed by atoms with Crippen molar-refractivity contribution < 1.29 is 14.3 Å². The molecule has 2 aromatic heterocycles. The SMILES string of the molecule is O=C(c1ccncc1)N(Cc1ccc2c(c1)OCO2)Cc1ccccn1. The van der Waals surface area contributed by atoms with Gasteiger partial charge in [0.15, 0.2) is 11.5 Å². The van der Waals surface area contributed by atoms with Crippen LogP contribution in [0.4, 0.5) is 0 Å². The van der Waals surface area contributed by atoms with E-state index in [9.17, 15) is 4.79 Å². The smallest absolute Gasteiger partial charge is 0.254 e. The molecule has 130 valence electrons. The number of nitrogens with zero attached hydrogens (tertiary/aromatic N) is 3. The Balaban J connectivity index is 1.60. The number of ether oxygens (including phenoxy) is 2. The number of hydrogen-bond donors (Lipinski definition) is 0. The topological polar surface area (TPSA) is 64.6 Å². The van der Waals surface area contributed by atoms with Crippen LogP contribution in [0.15, 0.2) is 67.1 Å². The van der Waals surface area contributed by atoms with E-state index >= 15 is 0 Å². The molecule has 0 fully saturated rings. The highest BCUT2D eigenvalue weighted by Crippen LogP contribution is 2.33. The van der Waals surface area contributed by atoms with Crippen molar-refractivity contribution in [3.8, 4) is 11.5 Å². The van der Waals surface area contributed by atoms with Crippen LogP contribution in [0, 0.1) is 0 Å². The number of carbonyl (C=O) groups is 1. The van der Waals surface area contributed by atoms with Crippen LogP contribution in [0.1, 0.15) is 21.6 Å². The van der Waals surface area contributed by atoms with Crippen LogP contribution in [-0.4, -0.2) is 27.6 Å². The zero-order chi connectivity index (χ0) is 17.8. The third-order valence-corrected chi connectivity index (χ3v) is 4.10. The number of amides is 1. The molecule has 0 saturated carbocycles. The largest absolute Gasteiger partial charge is 0.454 e. The summed E-state index contributed by atoms with van der Waals surface area (Å²) in [4.78, 5) is 23.1. The van der Waals surface area contributed by atoms with E-state index in [1.807, 2.05) is 36.4 Å². The van der Waals surface area contributed by atoms with Gasteiger partial charge in [-0.3, -0.25) is 14.8 Å². The lowest BCUT2D eigenvalue weighted by molar-refractivity contribution is 0.0727. The number of benzene rings is 1. The predicted molar refractivity (Wildman–Crippen MR) is 94.6 cm³/mol. The van der Waals surface area contributed by atoms with Crippen LogP contribution in [-0.2, 0) is 13.1 Å². The molecule has 6 heteroatoms. The zero-order valence-electron chi connectivity index (χ0n) is 14.0. The molecule has 1 amide bonds. The van der Waals surface area contributed by atoms with Crippen molar-refractivity contribution in [2.75, 3.05) is 6.79 Å². The molecule has 6 nitrogen and oxygen atoms in total. The second kappa shape index (κ2) is 7.23. The van der Waals surface area contributed by atoms with Crippen molar-refractivity contribution >= 4 is 5.91 Å². The van der Waals surface area contributed by atoms with E-state index in [4.69, 9.17) is 9.47 Å². The Morgan fingerprint density at radius 3 is 2.62 bits per heavy atom. The quantitative estimate of drug-likeness (QED) is 0.710. The third kappa shape index (κ3) is 3.49. The van der Waals surface area contributed by atoms with Crippen LogP contribution in [0.2, 0.25) is 0 Å². The molecule has 26 heavy (non-hydrogen) atoms. The first-order chi connectivity index (χ1) is 12.8. The van der Waals surface area contributed by atoms with Gasteiger partial charge in [-0.1, -0.05) is 12.1 Å². The Bertz CT molecular complexity index is 901. The second-order valence-electron chi connectivity index (χ2n) is 5.91. The summed E-state index contributed by atoms with van der Waals surface area (Å²) in [6, 6.07) is 14.8. The van der Waals surface area contributed by atoms with Crippen molar-refractivity contribution in [1.29, 1.82) is 0 Å². The molecule has 3 heterocycles. The van der Waals surface area contributed by atoms with Crippen molar-refractivity contribution in [1.82, 2.24) is 14.9 Å². The highest BCUT2D eigenvalue weighted by Gasteiger charge is 2.19. The molecule has 0 saturated heterocycles. The molecule has 0 N–H and O–H groups in total. The summed E-state index contributed by atoms with van der Waals surface area (Å²) < 4.78 is 10.8. The number of carbonyl (C=O) groups excluding carboxylic acids is 1. The molecule has 0 spiro atoms. The fourth-order valence-electron chi connectivity index (χ4n) is 2.82. The van der Waals surface area contributed by atoms with E-state index in [-0.39, 0.29) is 12.7 Å². The maximum atomic E-state index is 13.0. The summed E-state index contributed by atoms with van der Waals surface area (Å²) in [6.07, 6.45) is 4.96. The average Bonchev–Trinajstić information content (AvgIpc) is 3.16. The highest BCUT2D eigenvalue weighted by atomic mass is 16.7. The average molecular weight is 347 g/mol. The van der Waals surface area contributed by atoms with E-state index in [1.165, 1.54) is 0 Å². The van der Waals surface area contributed by atoms with Gasteiger partial charge in [0.25, 0.3) is 5.91 Å². The Morgan fingerprint density at radius 2 is 1.81 bits per heavy atom. The van der Waals surface area contributed by atoms with Crippen molar-refractivity contribution in [2.24, 2.45) is 0 Å². The molecule has 3 aromatic rings. The fourth-order valence-corrected chi connectivity index (χ4v) is 2.82. The first-order valence-electron chi connectivity index (χ1n) is 8.27. The zero-order valence-corrected chi connectivity index (χ0v) is 14.0. The van der Waals surface area contributed by atoms with E-state index in [0.29, 0.717) is 24.4 Å².